The number of carbonyl (C=O) groups is 1. The zero-order valence-electron chi connectivity index (χ0n) is 19.7. The largest absolute Gasteiger partial charge is 0.378 e. The molecule has 1 fully saturated rings. The van der Waals surface area contributed by atoms with E-state index >= 15 is 0 Å². The molecule has 0 saturated carbocycles. The Bertz CT molecular complexity index is 1440. The normalized spacial score (nSPS) is 17.3. The Morgan fingerprint density at radius 1 is 1.23 bits per heavy atom. The Labute approximate surface area is 201 Å². The second kappa shape index (κ2) is 8.35. The second-order valence-corrected chi connectivity index (χ2v) is 9.38. The van der Waals surface area contributed by atoms with Crippen molar-refractivity contribution in [2.45, 2.75) is 26.3 Å². The zero-order chi connectivity index (χ0) is 24.7. The number of fused-ring (bicyclic) bond motifs is 1. The lowest BCUT2D eigenvalue weighted by Crippen LogP contribution is -2.52. The van der Waals surface area contributed by atoms with Gasteiger partial charge in [0.15, 0.2) is 17.2 Å². The average molecular weight is 472 g/mol. The number of aryl methyl sites for hydroxylation is 1. The number of nitrogens with zero attached hydrogens (tertiary/aromatic N) is 9. The smallest absolute Gasteiger partial charge is 0.252 e. The molecule has 1 aliphatic heterocycles. The van der Waals surface area contributed by atoms with Crippen LogP contribution in [0.3, 0.4) is 0 Å². The number of nitrogens with one attached hydrogen (secondary N) is 1. The van der Waals surface area contributed by atoms with E-state index in [1.54, 1.807) is 27.7 Å². The van der Waals surface area contributed by atoms with Crippen LogP contribution in [0.1, 0.15) is 36.3 Å². The fraction of sp³-hybridized carbons (Fsp3) is 0.348. The zero-order valence-corrected chi connectivity index (χ0v) is 19.7. The third-order valence-electron chi connectivity index (χ3n) is 6.40. The van der Waals surface area contributed by atoms with Gasteiger partial charge in [-0.1, -0.05) is 13.8 Å². The van der Waals surface area contributed by atoms with Gasteiger partial charge >= 0.3 is 0 Å². The van der Waals surface area contributed by atoms with Crippen molar-refractivity contribution in [1.82, 2.24) is 34.6 Å². The monoisotopic (exact) mass is 471 g/mol. The summed E-state index contributed by atoms with van der Waals surface area (Å²) in [7, 11) is 1.84. The van der Waals surface area contributed by atoms with Crippen molar-refractivity contribution < 1.29 is 4.79 Å². The molecule has 4 aromatic rings. The summed E-state index contributed by atoms with van der Waals surface area (Å²) in [5, 5.41) is 29.3. The first-order chi connectivity index (χ1) is 16.7. The maximum absolute atomic E-state index is 12.3. The van der Waals surface area contributed by atoms with Crippen molar-refractivity contribution in [3.8, 4) is 17.3 Å². The Kier molecular flexibility index (Phi) is 5.32. The van der Waals surface area contributed by atoms with Crippen LogP contribution in [0, 0.1) is 16.7 Å². The number of primary amides is 1. The minimum absolute atomic E-state index is 0.0212. The quantitative estimate of drug-likeness (QED) is 0.441. The minimum atomic E-state index is -0.573. The van der Waals surface area contributed by atoms with E-state index in [-0.39, 0.29) is 22.7 Å². The second-order valence-electron chi connectivity index (χ2n) is 9.38. The first kappa shape index (κ1) is 22.3. The van der Waals surface area contributed by atoms with E-state index in [0.717, 1.165) is 24.3 Å². The van der Waals surface area contributed by atoms with Crippen LogP contribution in [0.25, 0.3) is 16.9 Å². The molecule has 0 radical (unpaired) electrons. The van der Waals surface area contributed by atoms with Gasteiger partial charge in [0.2, 0.25) is 0 Å². The third-order valence-corrected chi connectivity index (χ3v) is 6.40. The fourth-order valence-electron chi connectivity index (χ4n) is 4.50. The highest BCUT2D eigenvalue weighted by Crippen LogP contribution is 2.35. The SMILES string of the molecule is Cn1cc(-c2cn3ncc(C(N)=O)c(NC4CCN(c5ccc(C#N)nn5)CC4(C)C)c3n2)cn1. The van der Waals surface area contributed by atoms with Crippen molar-refractivity contribution >= 4 is 23.1 Å². The van der Waals surface area contributed by atoms with Gasteiger partial charge in [0.1, 0.15) is 6.07 Å². The van der Waals surface area contributed by atoms with Gasteiger partial charge in [-0.25, -0.2) is 9.50 Å². The van der Waals surface area contributed by atoms with Gasteiger partial charge in [0, 0.05) is 43.4 Å². The lowest BCUT2D eigenvalue weighted by Gasteiger charge is -2.45. The first-order valence-corrected chi connectivity index (χ1v) is 11.2. The van der Waals surface area contributed by atoms with E-state index in [9.17, 15) is 4.79 Å². The minimum Gasteiger partial charge on any atom is -0.378 e. The Morgan fingerprint density at radius 3 is 2.69 bits per heavy atom. The summed E-state index contributed by atoms with van der Waals surface area (Å²) < 4.78 is 3.35. The highest BCUT2D eigenvalue weighted by atomic mass is 16.1. The van der Waals surface area contributed by atoms with Gasteiger partial charge in [-0.15, -0.1) is 10.2 Å². The number of hydrogen-bond donors (Lipinski definition) is 2. The molecule has 35 heavy (non-hydrogen) atoms. The van der Waals surface area contributed by atoms with E-state index < -0.39 is 5.91 Å². The molecular weight excluding hydrogens is 446 g/mol. The number of anilines is 2. The maximum Gasteiger partial charge on any atom is 0.252 e. The van der Waals surface area contributed by atoms with E-state index in [1.165, 1.54) is 6.20 Å². The van der Waals surface area contributed by atoms with Gasteiger partial charge in [-0.05, 0) is 18.6 Å². The molecule has 1 atom stereocenters. The molecular formula is C23H25N11O. The van der Waals surface area contributed by atoms with Crippen LogP contribution in [-0.2, 0) is 7.05 Å². The highest BCUT2D eigenvalue weighted by molar-refractivity contribution is 6.01. The molecule has 5 heterocycles. The van der Waals surface area contributed by atoms with Crippen molar-refractivity contribution in [1.29, 1.82) is 5.26 Å². The summed E-state index contributed by atoms with van der Waals surface area (Å²) in [6.07, 6.45) is 7.65. The summed E-state index contributed by atoms with van der Waals surface area (Å²) >= 11 is 0. The van der Waals surface area contributed by atoms with Gasteiger partial charge in [-0.2, -0.15) is 15.5 Å². The number of rotatable bonds is 5. The predicted octanol–water partition coefficient (Wildman–Crippen LogP) is 1.61. The molecule has 5 rings (SSSR count). The summed E-state index contributed by atoms with van der Waals surface area (Å²) in [5.41, 5.74) is 8.71. The van der Waals surface area contributed by atoms with E-state index in [2.05, 4.69) is 44.5 Å². The fourth-order valence-corrected chi connectivity index (χ4v) is 4.50. The van der Waals surface area contributed by atoms with Gasteiger partial charge in [-0.3, -0.25) is 9.48 Å². The van der Waals surface area contributed by atoms with Crippen molar-refractivity contribution in [2.75, 3.05) is 23.3 Å². The lowest BCUT2D eigenvalue weighted by atomic mass is 9.79. The molecule has 0 spiro atoms. The number of nitrogens with two attached hydrogens (primary N) is 1. The first-order valence-electron chi connectivity index (χ1n) is 11.2. The van der Waals surface area contributed by atoms with Crippen LogP contribution >= 0.6 is 0 Å². The summed E-state index contributed by atoms with van der Waals surface area (Å²) in [6.45, 7) is 5.74. The van der Waals surface area contributed by atoms with Crippen LogP contribution in [0.2, 0.25) is 0 Å². The van der Waals surface area contributed by atoms with Crippen LogP contribution in [0.5, 0.6) is 0 Å². The molecule has 1 aliphatic rings. The van der Waals surface area contributed by atoms with E-state index in [0.29, 0.717) is 23.6 Å². The Balaban J connectivity index is 1.46. The molecule has 12 heteroatoms. The van der Waals surface area contributed by atoms with Gasteiger partial charge < -0.3 is 16.0 Å². The lowest BCUT2D eigenvalue weighted by molar-refractivity contribution is 0.100. The van der Waals surface area contributed by atoms with Crippen molar-refractivity contribution in [2.24, 2.45) is 18.2 Å². The number of aromatic nitrogens is 7. The Hall–Kier alpha value is -4.53. The molecule has 0 aliphatic carbocycles. The summed E-state index contributed by atoms with van der Waals surface area (Å²) in [5.74, 6) is 0.158. The summed E-state index contributed by atoms with van der Waals surface area (Å²) in [6, 6.07) is 5.50. The molecule has 1 unspecified atom stereocenters. The third kappa shape index (κ3) is 4.12. The number of carbonyl (C=O) groups excluding carboxylic acids is 1. The average Bonchev–Trinajstić information content (AvgIpc) is 3.46. The molecule has 4 aromatic heterocycles. The number of amides is 1. The molecule has 1 amide bonds. The van der Waals surface area contributed by atoms with E-state index in [1.807, 2.05) is 25.4 Å². The topological polar surface area (TPSA) is 156 Å². The maximum atomic E-state index is 12.3. The molecule has 1 saturated heterocycles. The number of nitriles is 1. The van der Waals surface area contributed by atoms with Gasteiger partial charge in [0.05, 0.1) is 35.5 Å². The highest BCUT2D eigenvalue weighted by Gasteiger charge is 2.37. The molecule has 0 bridgehead atoms. The molecule has 3 N–H and O–H groups in total. The van der Waals surface area contributed by atoms with Crippen LogP contribution in [0.4, 0.5) is 11.5 Å². The number of piperidine rings is 1. The molecule has 0 aromatic carbocycles. The number of hydrogen-bond acceptors (Lipinski definition) is 9. The number of imidazole rings is 1. The predicted molar refractivity (Wildman–Crippen MR) is 128 cm³/mol. The van der Waals surface area contributed by atoms with Crippen molar-refractivity contribution in [3.05, 3.63) is 48.2 Å². The van der Waals surface area contributed by atoms with Crippen LogP contribution in [-0.4, -0.2) is 59.6 Å². The summed E-state index contributed by atoms with van der Waals surface area (Å²) in [4.78, 5) is 19.2. The Morgan fingerprint density at radius 2 is 2.06 bits per heavy atom. The molecule has 178 valence electrons. The van der Waals surface area contributed by atoms with Crippen molar-refractivity contribution in [3.63, 3.8) is 0 Å². The van der Waals surface area contributed by atoms with Gasteiger partial charge in [0.25, 0.3) is 5.91 Å². The van der Waals surface area contributed by atoms with E-state index in [4.69, 9.17) is 16.0 Å². The van der Waals surface area contributed by atoms with Crippen LogP contribution < -0.4 is 16.0 Å². The van der Waals surface area contributed by atoms with Crippen LogP contribution in [0.15, 0.2) is 36.9 Å². The standard InChI is InChI=1S/C23H25N11O/c1-23(2)13-33(19-5-4-15(8-24)30-31-19)7-6-18(23)29-20-16(21(25)35)10-27-34-12-17(28-22(20)34)14-9-26-32(3)11-14/h4-5,9-12,18,29H,6-7,13H2,1-3H3,(H2,25,35). The molecule has 12 nitrogen and oxygen atoms in total.